The molecule has 0 saturated carbocycles. The van der Waals surface area contributed by atoms with Gasteiger partial charge in [-0.05, 0) is 37.5 Å². The van der Waals surface area contributed by atoms with Gasteiger partial charge in [-0.25, -0.2) is 4.39 Å². The SMILES string of the molecule is O=C(O)C1CC2CCC1N2C(=O)c1ccc(F)c(Cl)c1. The molecular formula is C14H13ClFNO3. The third-order valence-corrected chi connectivity index (χ3v) is 4.54. The molecule has 1 amide bonds. The molecule has 0 spiro atoms. The maximum atomic E-state index is 13.1. The van der Waals surface area contributed by atoms with Crippen LogP contribution in [0.15, 0.2) is 18.2 Å². The van der Waals surface area contributed by atoms with E-state index in [1.165, 1.54) is 12.1 Å². The van der Waals surface area contributed by atoms with E-state index >= 15 is 0 Å². The van der Waals surface area contributed by atoms with Gasteiger partial charge in [0, 0.05) is 17.6 Å². The largest absolute Gasteiger partial charge is 0.481 e. The van der Waals surface area contributed by atoms with E-state index in [9.17, 15) is 19.1 Å². The lowest BCUT2D eigenvalue weighted by molar-refractivity contribution is -0.142. The Morgan fingerprint density at radius 1 is 1.35 bits per heavy atom. The smallest absolute Gasteiger partial charge is 0.308 e. The van der Waals surface area contributed by atoms with Crippen LogP contribution in [0.1, 0.15) is 29.6 Å². The highest BCUT2D eigenvalue weighted by molar-refractivity contribution is 6.31. The van der Waals surface area contributed by atoms with Crippen LogP contribution in [-0.2, 0) is 4.79 Å². The van der Waals surface area contributed by atoms with Crippen molar-refractivity contribution >= 4 is 23.5 Å². The Balaban J connectivity index is 1.88. The summed E-state index contributed by atoms with van der Waals surface area (Å²) in [5.41, 5.74) is 0.305. The average Bonchev–Trinajstić information content (AvgIpc) is 2.98. The number of carbonyl (C=O) groups excluding carboxylic acids is 1. The Morgan fingerprint density at radius 2 is 2.10 bits per heavy atom. The predicted molar refractivity (Wildman–Crippen MR) is 70.1 cm³/mol. The van der Waals surface area contributed by atoms with Crippen LogP contribution < -0.4 is 0 Å². The summed E-state index contributed by atoms with van der Waals surface area (Å²) in [5, 5.41) is 9.08. The summed E-state index contributed by atoms with van der Waals surface area (Å²) in [4.78, 5) is 25.3. The summed E-state index contributed by atoms with van der Waals surface area (Å²) < 4.78 is 13.1. The summed E-state index contributed by atoms with van der Waals surface area (Å²) in [6, 6.07) is 3.55. The molecule has 1 N–H and O–H groups in total. The van der Waals surface area contributed by atoms with Gasteiger partial charge in [0.25, 0.3) is 5.91 Å². The second-order valence-electron chi connectivity index (χ2n) is 5.32. The minimum absolute atomic E-state index is 0.0302. The minimum Gasteiger partial charge on any atom is -0.481 e. The molecule has 1 aromatic rings. The molecular weight excluding hydrogens is 285 g/mol. The fourth-order valence-corrected chi connectivity index (χ4v) is 3.53. The molecule has 0 aromatic heterocycles. The van der Waals surface area contributed by atoms with Gasteiger partial charge in [0.2, 0.25) is 0 Å². The molecule has 3 rings (SSSR count). The van der Waals surface area contributed by atoms with Crippen molar-refractivity contribution in [3.8, 4) is 0 Å². The first-order valence-electron chi connectivity index (χ1n) is 6.49. The number of carboxylic acid groups (broad SMARTS) is 1. The van der Waals surface area contributed by atoms with Crippen LogP contribution in [0.4, 0.5) is 4.39 Å². The predicted octanol–water partition coefficient (Wildman–Crippen LogP) is 2.56. The molecule has 106 valence electrons. The van der Waals surface area contributed by atoms with Crippen LogP contribution in [-0.4, -0.2) is 34.0 Å². The van der Waals surface area contributed by atoms with Crippen molar-refractivity contribution in [2.24, 2.45) is 5.92 Å². The third kappa shape index (κ3) is 1.97. The lowest BCUT2D eigenvalue weighted by atomic mass is 9.89. The number of hydrogen-bond donors (Lipinski definition) is 1. The van der Waals surface area contributed by atoms with Gasteiger partial charge in [0.1, 0.15) is 5.82 Å². The average molecular weight is 298 g/mol. The molecule has 6 heteroatoms. The Bertz CT molecular complexity index is 592. The van der Waals surface area contributed by atoms with Crippen molar-refractivity contribution < 1.29 is 19.1 Å². The second-order valence-corrected chi connectivity index (χ2v) is 5.73. The quantitative estimate of drug-likeness (QED) is 0.912. The molecule has 2 aliphatic heterocycles. The maximum absolute atomic E-state index is 13.1. The van der Waals surface area contributed by atoms with Gasteiger partial charge in [-0.15, -0.1) is 0 Å². The Kier molecular flexibility index (Phi) is 3.17. The summed E-state index contributed by atoms with van der Waals surface area (Å²) in [7, 11) is 0. The molecule has 2 saturated heterocycles. The molecule has 2 bridgehead atoms. The van der Waals surface area contributed by atoms with Crippen molar-refractivity contribution in [2.45, 2.75) is 31.3 Å². The van der Waals surface area contributed by atoms with E-state index in [1.54, 1.807) is 4.90 Å². The number of halogens is 2. The van der Waals surface area contributed by atoms with Gasteiger partial charge < -0.3 is 10.0 Å². The highest BCUT2D eigenvalue weighted by Crippen LogP contribution is 2.42. The van der Waals surface area contributed by atoms with Gasteiger partial charge in [0.05, 0.1) is 10.9 Å². The summed E-state index contributed by atoms with van der Waals surface area (Å²) >= 11 is 5.69. The number of benzene rings is 1. The van der Waals surface area contributed by atoms with Crippen LogP contribution in [0.25, 0.3) is 0 Å². The molecule has 2 fully saturated rings. The first kappa shape index (κ1) is 13.4. The van der Waals surface area contributed by atoms with E-state index in [-0.39, 0.29) is 23.0 Å². The first-order chi connectivity index (χ1) is 9.49. The molecule has 20 heavy (non-hydrogen) atoms. The van der Waals surface area contributed by atoms with Crippen LogP contribution in [0.5, 0.6) is 0 Å². The van der Waals surface area contributed by atoms with Crippen molar-refractivity contribution in [1.29, 1.82) is 0 Å². The van der Waals surface area contributed by atoms with Crippen molar-refractivity contribution in [2.75, 3.05) is 0 Å². The standard InChI is InChI=1S/C14H13ClFNO3/c15-10-5-7(1-3-11(10)16)13(18)17-8-2-4-12(17)9(6-8)14(19)20/h1,3,5,8-9,12H,2,4,6H2,(H,19,20). The zero-order chi connectivity index (χ0) is 14.4. The molecule has 2 heterocycles. The Morgan fingerprint density at radius 3 is 2.70 bits per heavy atom. The van der Waals surface area contributed by atoms with E-state index in [1.807, 2.05) is 0 Å². The van der Waals surface area contributed by atoms with Gasteiger partial charge in [0.15, 0.2) is 0 Å². The molecule has 3 atom stereocenters. The number of carboxylic acids is 1. The third-order valence-electron chi connectivity index (χ3n) is 4.26. The maximum Gasteiger partial charge on any atom is 0.308 e. The van der Waals surface area contributed by atoms with Gasteiger partial charge in [-0.1, -0.05) is 11.6 Å². The van der Waals surface area contributed by atoms with Crippen LogP contribution in [0, 0.1) is 11.7 Å². The molecule has 4 nitrogen and oxygen atoms in total. The zero-order valence-corrected chi connectivity index (χ0v) is 11.3. The monoisotopic (exact) mass is 297 g/mol. The van der Waals surface area contributed by atoms with Crippen LogP contribution >= 0.6 is 11.6 Å². The highest BCUT2D eigenvalue weighted by atomic mass is 35.5. The number of rotatable bonds is 2. The molecule has 0 aliphatic carbocycles. The molecule has 0 radical (unpaired) electrons. The second kappa shape index (κ2) is 4.74. The van der Waals surface area contributed by atoms with Gasteiger partial charge >= 0.3 is 5.97 Å². The first-order valence-corrected chi connectivity index (χ1v) is 6.87. The normalized spacial score (nSPS) is 27.9. The zero-order valence-electron chi connectivity index (χ0n) is 10.6. The summed E-state index contributed by atoms with van der Waals surface area (Å²) in [6.07, 6.45) is 2.04. The highest BCUT2D eigenvalue weighted by Gasteiger charge is 2.51. The number of carbonyl (C=O) groups is 2. The fraction of sp³-hybridized carbons (Fsp3) is 0.429. The van der Waals surface area contributed by atoms with E-state index < -0.39 is 17.7 Å². The number of amides is 1. The summed E-state index contributed by atoms with van der Waals surface area (Å²) in [6.45, 7) is 0. The lowest BCUT2D eigenvalue weighted by Gasteiger charge is -2.23. The fourth-order valence-electron chi connectivity index (χ4n) is 3.35. The van der Waals surface area contributed by atoms with E-state index in [0.29, 0.717) is 18.4 Å². The van der Waals surface area contributed by atoms with Gasteiger partial charge in [-0.2, -0.15) is 0 Å². The Hall–Kier alpha value is -1.62. The van der Waals surface area contributed by atoms with Crippen LogP contribution in [0.3, 0.4) is 0 Å². The Labute approximate surface area is 120 Å². The number of aliphatic carboxylic acids is 1. The molecule has 3 unspecified atom stereocenters. The topological polar surface area (TPSA) is 57.6 Å². The van der Waals surface area contributed by atoms with E-state index in [2.05, 4.69) is 0 Å². The van der Waals surface area contributed by atoms with Crippen LogP contribution in [0.2, 0.25) is 5.02 Å². The lowest BCUT2D eigenvalue weighted by Crippen LogP contribution is -2.37. The number of hydrogen-bond acceptors (Lipinski definition) is 2. The summed E-state index contributed by atoms with van der Waals surface area (Å²) in [5.74, 6) is -2.18. The van der Waals surface area contributed by atoms with Crippen molar-refractivity contribution in [3.05, 3.63) is 34.6 Å². The minimum atomic E-state index is -0.855. The van der Waals surface area contributed by atoms with E-state index in [0.717, 1.165) is 12.5 Å². The van der Waals surface area contributed by atoms with E-state index in [4.69, 9.17) is 11.6 Å². The van der Waals surface area contributed by atoms with Crippen molar-refractivity contribution in [1.82, 2.24) is 4.90 Å². The van der Waals surface area contributed by atoms with Gasteiger partial charge in [-0.3, -0.25) is 9.59 Å². The molecule has 1 aromatic carbocycles. The number of nitrogens with zero attached hydrogens (tertiary/aromatic N) is 1. The number of fused-ring (bicyclic) bond motifs is 2. The molecule has 2 aliphatic rings. The van der Waals surface area contributed by atoms with Crippen molar-refractivity contribution in [3.63, 3.8) is 0 Å².